The lowest BCUT2D eigenvalue weighted by molar-refractivity contribution is -0.0508. The molecule has 0 fully saturated rings. The number of nitrogens with zero attached hydrogens (tertiary/aromatic N) is 1. The summed E-state index contributed by atoms with van der Waals surface area (Å²) in [5.41, 5.74) is 0. The standard InChI is InChI=1S/ClF2NO2S/c1-7(5,6)4(2)3. The monoisotopic (exact) mass is 151 g/mol. The number of hydrogen-bond acceptors (Lipinski definition) is 2. The molecule has 0 atom stereocenters. The maximum absolute atomic E-state index is 10.7. The predicted octanol–water partition coefficient (Wildman–Crippen LogP) is 0.541. The molecule has 7 heavy (non-hydrogen) atoms. The lowest BCUT2D eigenvalue weighted by Gasteiger charge is -1.87. The fourth-order valence-electron chi connectivity index (χ4n) is 0. The van der Waals surface area contributed by atoms with Crippen molar-refractivity contribution in [2.75, 3.05) is 0 Å². The van der Waals surface area contributed by atoms with Gasteiger partial charge in [0, 0.05) is 10.7 Å². The van der Waals surface area contributed by atoms with Gasteiger partial charge in [-0.2, -0.15) is 8.42 Å². The molecule has 0 rings (SSSR count). The van der Waals surface area contributed by atoms with E-state index in [1.165, 1.54) is 0 Å². The summed E-state index contributed by atoms with van der Waals surface area (Å²) >= 11 is 0. The first-order valence-corrected chi connectivity index (χ1v) is 3.27. The Hall–Kier alpha value is 0.0600. The highest BCUT2D eigenvalue weighted by Gasteiger charge is 2.16. The first kappa shape index (κ1) is 7.06. The second kappa shape index (κ2) is 1.89. The highest BCUT2D eigenvalue weighted by atomic mass is 35.7. The first-order valence-electron chi connectivity index (χ1n) is 1.01. The van der Waals surface area contributed by atoms with Gasteiger partial charge in [-0.3, -0.25) is 0 Å². The number of halogens is 3. The van der Waals surface area contributed by atoms with Gasteiger partial charge in [-0.05, 0) is 0 Å². The molecule has 0 amide bonds. The molecule has 0 aromatic carbocycles. The third-order valence-corrected chi connectivity index (χ3v) is 0.808. The molecule has 0 radical (unpaired) electrons. The zero-order valence-corrected chi connectivity index (χ0v) is 4.38. The maximum Gasteiger partial charge on any atom is 0.354 e. The van der Waals surface area contributed by atoms with E-state index in [4.69, 9.17) is 0 Å². The van der Waals surface area contributed by atoms with Crippen LogP contribution in [-0.4, -0.2) is 13.2 Å². The minimum absolute atomic E-state index is 2.07. The van der Waals surface area contributed by atoms with Crippen LogP contribution in [0.3, 0.4) is 0 Å². The van der Waals surface area contributed by atoms with E-state index in [1.807, 2.05) is 0 Å². The number of hydrogen-bond donors (Lipinski definition) is 0. The van der Waals surface area contributed by atoms with Crippen molar-refractivity contribution in [2.45, 2.75) is 0 Å². The van der Waals surface area contributed by atoms with E-state index >= 15 is 0 Å². The zero-order chi connectivity index (χ0) is 6.08. The molecule has 0 aliphatic heterocycles. The van der Waals surface area contributed by atoms with Crippen LogP contribution in [0.25, 0.3) is 0 Å². The van der Waals surface area contributed by atoms with Crippen molar-refractivity contribution < 1.29 is 17.4 Å². The van der Waals surface area contributed by atoms with Crippen LogP contribution >= 0.6 is 10.7 Å². The molecule has 0 aromatic rings. The molecule has 0 heterocycles. The molecule has 0 N–H and O–H groups in total. The Labute approximate surface area is 42.9 Å². The van der Waals surface area contributed by atoms with Crippen LogP contribution in [0.15, 0.2) is 0 Å². The molecule has 0 bridgehead atoms. The van der Waals surface area contributed by atoms with E-state index in [9.17, 15) is 17.4 Å². The van der Waals surface area contributed by atoms with Gasteiger partial charge in [-0.1, -0.05) is 8.96 Å². The van der Waals surface area contributed by atoms with Crippen LogP contribution in [0.5, 0.6) is 0 Å². The van der Waals surface area contributed by atoms with Crippen LogP contribution in [0.4, 0.5) is 8.96 Å². The van der Waals surface area contributed by atoms with Crippen LogP contribution in [0.2, 0.25) is 0 Å². The van der Waals surface area contributed by atoms with Crippen molar-refractivity contribution in [3.05, 3.63) is 0 Å². The lowest BCUT2D eigenvalue weighted by atomic mass is 13.6. The largest absolute Gasteiger partial charge is 0.354 e. The van der Waals surface area contributed by atoms with Gasteiger partial charge in [0.2, 0.25) is 0 Å². The van der Waals surface area contributed by atoms with Gasteiger partial charge < -0.3 is 0 Å². The van der Waals surface area contributed by atoms with E-state index in [2.05, 4.69) is 10.7 Å². The summed E-state index contributed by atoms with van der Waals surface area (Å²) in [5, 5.41) is 0. The topological polar surface area (TPSA) is 37.4 Å². The Morgan fingerprint density at radius 2 is 1.57 bits per heavy atom. The van der Waals surface area contributed by atoms with Crippen molar-refractivity contribution >= 4 is 19.9 Å². The number of rotatable bonds is 1. The molecule has 0 saturated heterocycles. The highest BCUT2D eigenvalue weighted by molar-refractivity contribution is 8.11. The van der Waals surface area contributed by atoms with Gasteiger partial charge in [0.15, 0.2) is 4.75 Å². The Balaban J connectivity index is 4.10. The van der Waals surface area contributed by atoms with E-state index in [0.29, 0.717) is 0 Å². The van der Waals surface area contributed by atoms with Gasteiger partial charge in [0.25, 0.3) is 0 Å². The van der Waals surface area contributed by atoms with Crippen molar-refractivity contribution in [3.63, 3.8) is 0 Å². The lowest BCUT2D eigenvalue weighted by Crippen LogP contribution is -2.04. The third kappa shape index (κ3) is 2.72. The second-order valence-corrected chi connectivity index (χ2v) is 2.88. The molecule has 3 nitrogen and oxygen atoms in total. The normalized spacial score (nSPS) is 12.6. The summed E-state index contributed by atoms with van der Waals surface area (Å²) < 4.78 is 37.8. The molecule has 0 saturated carbocycles. The third-order valence-electron chi connectivity index (χ3n) is 0.165. The van der Waals surface area contributed by atoms with Gasteiger partial charge in [-0.15, -0.1) is 0 Å². The van der Waals surface area contributed by atoms with Crippen LogP contribution in [0, 0.1) is 0 Å². The van der Waals surface area contributed by atoms with Crippen molar-refractivity contribution in [1.29, 1.82) is 0 Å². The predicted molar refractivity (Wildman–Crippen MR) is 18.8 cm³/mol. The molecule has 0 aromatic heterocycles. The summed E-state index contributed by atoms with van der Waals surface area (Å²) in [5.74, 6) is 0. The van der Waals surface area contributed by atoms with E-state index in [1.54, 1.807) is 0 Å². The Bertz CT molecular complexity index is 138. The Morgan fingerprint density at radius 1 is 1.43 bits per heavy atom. The minimum Gasteiger partial charge on any atom is -0.190 e. The van der Waals surface area contributed by atoms with Crippen LogP contribution in [0.1, 0.15) is 0 Å². The van der Waals surface area contributed by atoms with Crippen LogP contribution in [-0.2, 0) is 9.24 Å². The van der Waals surface area contributed by atoms with Crippen LogP contribution < -0.4 is 0 Å². The molecule has 0 spiro atoms. The second-order valence-electron chi connectivity index (χ2n) is 0.614. The summed E-state index contributed by atoms with van der Waals surface area (Å²) in [4.78, 5) is 0. The van der Waals surface area contributed by atoms with Crippen molar-refractivity contribution in [1.82, 2.24) is 4.75 Å². The van der Waals surface area contributed by atoms with Gasteiger partial charge in [0.1, 0.15) is 0 Å². The smallest absolute Gasteiger partial charge is 0.190 e. The van der Waals surface area contributed by atoms with Gasteiger partial charge >= 0.3 is 9.24 Å². The summed E-state index contributed by atoms with van der Waals surface area (Å²) in [6.45, 7) is 0. The fourth-order valence-corrected chi connectivity index (χ4v) is 0. The maximum atomic E-state index is 10.7. The van der Waals surface area contributed by atoms with Gasteiger partial charge in [-0.25, -0.2) is 0 Å². The highest BCUT2D eigenvalue weighted by Crippen LogP contribution is 2.05. The Morgan fingerprint density at radius 3 is 1.57 bits per heavy atom. The first-order chi connectivity index (χ1) is 2.94. The fraction of sp³-hybridized carbons (Fsp3) is 0. The minimum atomic E-state index is -4.77. The molecule has 7 heteroatoms. The van der Waals surface area contributed by atoms with E-state index in [-0.39, 0.29) is 0 Å². The van der Waals surface area contributed by atoms with E-state index < -0.39 is 14.0 Å². The quantitative estimate of drug-likeness (QED) is 0.405. The molecular formula is ClF2NO2S. The molecular weight excluding hydrogens is 152 g/mol. The zero-order valence-electron chi connectivity index (χ0n) is 2.81. The van der Waals surface area contributed by atoms with E-state index in [0.717, 1.165) is 0 Å². The molecule has 0 aliphatic rings. The Kier molecular flexibility index (Phi) is 1.91. The average Bonchev–Trinajstić information content (AvgIpc) is 1.31. The molecule has 0 unspecified atom stereocenters. The van der Waals surface area contributed by atoms with Crippen molar-refractivity contribution in [3.8, 4) is 0 Å². The molecule has 44 valence electrons. The summed E-state index contributed by atoms with van der Waals surface area (Å²) in [6.07, 6.45) is 0. The summed E-state index contributed by atoms with van der Waals surface area (Å²) in [6, 6.07) is 0. The SMILES string of the molecule is O=S(=O)(Cl)N(F)F. The molecule has 0 aliphatic carbocycles. The van der Waals surface area contributed by atoms with Gasteiger partial charge in [0.05, 0.1) is 0 Å². The summed E-state index contributed by atoms with van der Waals surface area (Å²) in [7, 11) is -0.752. The van der Waals surface area contributed by atoms with Crippen molar-refractivity contribution in [2.24, 2.45) is 0 Å². The average molecular weight is 152 g/mol.